The van der Waals surface area contributed by atoms with Gasteiger partial charge in [0.05, 0.1) is 22.0 Å². The molecule has 2 heterocycles. The predicted molar refractivity (Wildman–Crippen MR) is 146 cm³/mol. The van der Waals surface area contributed by atoms with Gasteiger partial charge in [-0.2, -0.15) is 0 Å². The number of carbonyl (C=O) groups is 2. The van der Waals surface area contributed by atoms with E-state index >= 15 is 0 Å². The molecule has 1 aliphatic heterocycles. The summed E-state index contributed by atoms with van der Waals surface area (Å²) in [5.74, 6) is -0.631. The number of hydrogen-bond acceptors (Lipinski definition) is 4. The lowest BCUT2D eigenvalue weighted by molar-refractivity contribution is -0.384. The molecule has 1 atom stereocenters. The van der Waals surface area contributed by atoms with Crippen LogP contribution in [0.5, 0.6) is 0 Å². The summed E-state index contributed by atoms with van der Waals surface area (Å²) >= 11 is 6.17. The molecule has 1 aliphatic rings. The molecule has 0 spiro atoms. The highest BCUT2D eigenvalue weighted by molar-refractivity contribution is 6.30. The van der Waals surface area contributed by atoms with E-state index in [1.54, 1.807) is 17.0 Å². The fourth-order valence-corrected chi connectivity index (χ4v) is 4.95. The molecule has 0 radical (unpaired) electrons. The van der Waals surface area contributed by atoms with Gasteiger partial charge in [-0.05, 0) is 67.9 Å². The molecule has 3 aromatic carbocycles. The molecular formula is C29H25ClN4O4. The Labute approximate surface area is 224 Å². The van der Waals surface area contributed by atoms with Crippen molar-refractivity contribution in [3.8, 4) is 5.69 Å². The molecule has 0 bridgehead atoms. The van der Waals surface area contributed by atoms with E-state index in [1.807, 2.05) is 68.6 Å². The van der Waals surface area contributed by atoms with Crippen molar-refractivity contribution in [2.24, 2.45) is 0 Å². The minimum atomic E-state index is -0.515. The van der Waals surface area contributed by atoms with Crippen LogP contribution in [-0.2, 0) is 4.79 Å². The van der Waals surface area contributed by atoms with Crippen LogP contribution in [0.4, 0.5) is 11.4 Å². The van der Waals surface area contributed by atoms with E-state index in [0.29, 0.717) is 5.02 Å². The Balaban J connectivity index is 1.54. The highest BCUT2D eigenvalue weighted by Gasteiger charge is 2.37. The molecule has 4 aromatic rings. The number of nitrogens with zero attached hydrogens (tertiary/aromatic N) is 4. The number of nitro benzene ring substituents is 1. The van der Waals surface area contributed by atoms with Crippen molar-refractivity contribution < 1.29 is 14.5 Å². The second kappa shape index (κ2) is 10.1. The highest BCUT2D eigenvalue weighted by Crippen LogP contribution is 2.42. The summed E-state index contributed by atoms with van der Waals surface area (Å²) < 4.78 is 2.07. The zero-order chi connectivity index (χ0) is 27.0. The Morgan fingerprint density at radius 2 is 1.61 bits per heavy atom. The number of carbonyl (C=O) groups excluding carboxylic acids is 2. The lowest BCUT2D eigenvalue weighted by Gasteiger charge is -2.40. The van der Waals surface area contributed by atoms with Crippen LogP contribution in [0.1, 0.15) is 41.5 Å². The molecule has 1 unspecified atom stereocenters. The minimum Gasteiger partial charge on any atom is -0.327 e. The number of aromatic nitrogens is 1. The molecule has 0 fully saturated rings. The van der Waals surface area contributed by atoms with Gasteiger partial charge in [0.2, 0.25) is 5.91 Å². The van der Waals surface area contributed by atoms with E-state index < -0.39 is 11.0 Å². The number of benzene rings is 3. The van der Waals surface area contributed by atoms with Gasteiger partial charge in [-0.15, -0.1) is 0 Å². The van der Waals surface area contributed by atoms with Gasteiger partial charge in [-0.25, -0.2) is 0 Å². The molecule has 8 nitrogen and oxygen atoms in total. The summed E-state index contributed by atoms with van der Waals surface area (Å²) in [6, 6.07) is 23.7. The second-order valence-corrected chi connectivity index (χ2v) is 9.78. The third kappa shape index (κ3) is 4.54. The van der Waals surface area contributed by atoms with Gasteiger partial charge in [-0.3, -0.25) is 24.6 Å². The number of hydrogen-bond donors (Lipinski definition) is 0. The standard InChI is InChI=1S/C29H25ClN4O4/c1-19(2)32(29(36)21-11-15-23(16-12-21)34(37)38)18-27(35)33-25-7-4-3-6-24(25)31-17-5-8-26(31)28(33)20-9-13-22(30)14-10-20/h3-17,19,28H,18H2,1-2H3. The van der Waals surface area contributed by atoms with Crippen LogP contribution >= 0.6 is 11.6 Å². The normalized spacial score (nSPS) is 14.1. The third-order valence-corrected chi connectivity index (χ3v) is 6.94. The SMILES string of the molecule is CC(C)N(CC(=O)N1c2ccccc2-n2cccc2C1c1ccc(Cl)cc1)C(=O)c1ccc([N+](=O)[O-])cc1. The van der Waals surface area contributed by atoms with E-state index in [-0.39, 0.29) is 35.7 Å². The average Bonchev–Trinajstić information content (AvgIpc) is 3.41. The molecule has 5 rings (SSSR count). The van der Waals surface area contributed by atoms with E-state index in [4.69, 9.17) is 11.6 Å². The molecule has 0 saturated carbocycles. The van der Waals surface area contributed by atoms with Gasteiger partial charge in [0.25, 0.3) is 11.6 Å². The Morgan fingerprint density at radius 1 is 0.947 bits per heavy atom. The van der Waals surface area contributed by atoms with Gasteiger partial charge in [0, 0.05) is 35.0 Å². The topological polar surface area (TPSA) is 88.7 Å². The van der Waals surface area contributed by atoms with E-state index in [1.165, 1.54) is 29.2 Å². The first kappa shape index (κ1) is 25.2. The Bertz CT molecular complexity index is 1510. The number of fused-ring (bicyclic) bond motifs is 3. The van der Waals surface area contributed by atoms with Crippen LogP contribution in [-0.4, -0.2) is 38.8 Å². The predicted octanol–water partition coefficient (Wildman–Crippen LogP) is 6.03. The van der Waals surface area contributed by atoms with Gasteiger partial charge >= 0.3 is 0 Å². The van der Waals surface area contributed by atoms with Crippen LogP contribution in [0.2, 0.25) is 5.02 Å². The second-order valence-electron chi connectivity index (χ2n) is 9.34. The number of rotatable bonds is 6. The van der Waals surface area contributed by atoms with Gasteiger partial charge < -0.3 is 9.47 Å². The molecule has 1 aromatic heterocycles. The van der Waals surface area contributed by atoms with E-state index in [9.17, 15) is 19.7 Å². The molecule has 9 heteroatoms. The monoisotopic (exact) mass is 528 g/mol. The fourth-order valence-electron chi connectivity index (χ4n) is 4.82. The number of halogens is 1. The first-order valence-corrected chi connectivity index (χ1v) is 12.5. The van der Waals surface area contributed by atoms with Gasteiger partial charge in [0.15, 0.2) is 0 Å². The molecule has 0 aliphatic carbocycles. The Kier molecular flexibility index (Phi) is 6.73. The zero-order valence-corrected chi connectivity index (χ0v) is 21.6. The van der Waals surface area contributed by atoms with Crippen LogP contribution in [0.25, 0.3) is 5.69 Å². The summed E-state index contributed by atoms with van der Waals surface area (Å²) in [6.07, 6.45) is 1.97. The van der Waals surface area contributed by atoms with Crippen LogP contribution in [0.15, 0.2) is 91.1 Å². The molecule has 38 heavy (non-hydrogen) atoms. The van der Waals surface area contributed by atoms with Gasteiger partial charge in [-0.1, -0.05) is 35.9 Å². The van der Waals surface area contributed by atoms with Crippen molar-refractivity contribution in [2.75, 3.05) is 11.4 Å². The minimum absolute atomic E-state index is 0.104. The number of amides is 2. The van der Waals surface area contributed by atoms with E-state index in [0.717, 1.165) is 22.6 Å². The lowest BCUT2D eigenvalue weighted by Crippen LogP contribution is -2.48. The van der Waals surface area contributed by atoms with Crippen molar-refractivity contribution in [3.05, 3.63) is 123 Å². The van der Waals surface area contributed by atoms with Crippen LogP contribution in [0, 0.1) is 10.1 Å². The number of non-ortho nitro benzene ring substituents is 1. The maximum absolute atomic E-state index is 14.1. The summed E-state index contributed by atoms with van der Waals surface area (Å²) in [7, 11) is 0. The largest absolute Gasteiger partial charge is 0.327 e. The van der Waals surface area contributed by atoms with E-state index in [2.05, 4.69) is 4.57 Å². The third-order valence-electron chi connectivity index (χ3n) is 6.69. The summed E-state index contributed by atoms with van der Waals surface area (Å²) in [5.41, 5.74) is 3.57. The number of nitro groups is 1. The molecule has 192 valence electrons. The highest BCUT2D eigenvalue weighted by atomic mass is 35.5. The summed E-state index contributed by atoms with van der Waals surface area (Å²) in [5, 5.41) is 11.6. The van der Waals surface area contributed by atoms with Crippen molar-refractivity contribution in [2.45, 2.75) is 25.9 Å². The van der Waals surface area contributed by atoms with Gasteiger partial charge in [0.1, 0.15) is 12.6 Å². The quantitative estimate of drug-likeness (QED) is 0.226. The summed E-state index contributed by atoms with van der Waals surface area (Å²) in [6.45, 7) is 3.50. The van der Waals surface area contributed by atoms with Crippen LogP contribution in [0.3, 0.4) is 0 Å². The molecule has 0 saturated heterocycles. The average molecular weight is 529 g/mol. The zero-order valence-electron chi connectivity index (χ0n) is 20.8. The Morgan fingerprint density at radius 3 is 2.24 bits per heavy atom. The first-order valence-electron chi connectivity index (χ1n) is 12.2. The first-order chi connectivity index (χ1) is 18.3. The summed E-state index contributed by atoms with van der Waals surface area (Å²) in [4.78, 5) is 41.3. The van der Waals surface area contributed by atoms with Crippen molar-refractivity contribution in [3.63, 3.8) is 0 Å². The Hall–Kier alpha value is -4.43. The fraction of sp³-hybridized carbons (Fsp3) is 0.172. The maximum Gasteiger partial charge on any atom is 0.269 e. The van der Waals surface area contributed by atoms with Crippen LogP contribution < -0.4 is 4.90 Å². The molecular weight excluding hydrogens is 504 g/mol. The number of para-hydroxylation sites is 2. The maximum atomic E-state index is 14.1. The lowest BCUT2D eigenvalue weighted by atomic mass is 9.97. The molecule has 2 amide bonds. The van der Waals surface area contributed by atoms with Crippen molar-refractivity contribution >= 4 is 34.8 Å². The number of anilines is 1. The van der Waals surface area contributed by atoms with Crippen molar-refractivity contribution in [1.82, 2.24) is 9.47 Å². The smallest absolute Gasteiger partial charge is 0.269 e. The molecule has 0 N–H and O–H groups in total. The van der Waals surface area contributed by atoms with Crippen molar-refractivity contribution in [1.29, 1.82) is 0 Å².